The second-order valence-corrected chi connectivity index (χ2v) is 9.64. The third-order valence-corrected chi connectivity index (χ3v) is 7.18. The smallest absolute Gasteiger partial charge is 0.242 e. The van der Waals surface area contributed by atoms with Gasteiger partial charge in [-0.2, -0.15) is 0 Å². The minimum Gasteiger partial charge on any atom is -0.372 e. The van der Waals surface area contributed by atoms with E-state index in [9.17, 15) is 4.79 Å². The molecule has 0 bridgehead atoms. The van der Waals surface area contributed by atoms with Gasteiger partial charge in [-0.15, -0.1) is 11.8 Å². The zero-order valence-corrected chi connectivity index (χ0v) is 19.3. The van der Waals surface area contributed by atoms with Crippen LogP contribution >= 0.6 is 11.8 Å². The minimum atomic E-state index is 0.0796. The first-order chi connectivity index (χ1) is 15.6. The van der Waals surface area contributed by atoms with Gasteiger partial charge in [0.1, 0.15) is 6.54 Å². The van der Waals surface area contributed by atoms with E-state index in [4.69, 9.17) is 4.74 Å². The van der Waals surface area contributed by atoms with E-state index in [2.05, 4.69) is 71.4 Å². The normalized spacial score (nSPS) is 19.0. The second kappa shape index (κ2) is 9.00. The Kier molecular flexibility index (Phi) is 5.94. The van der Waals surface area contributed by atoms with Gasteiger partial charge in [-0.1, -0.05) is 60.7 Å². The third kappa shape index (κ3) is 4.27. The van der Waals surface area contributed by atoms with E-state index in [0.29, 0.717) is 19.6 Å². The van der Waals surface area contributed by atoms with Crippen LogP contribution < -0.4 is 0 Å². The standard InChI is InChI=1S/C27H28N2O2S/c1-19-14-29(15-20(2)31-19)27(30)17-28-16-26(24-12-5-6-13-25(24)28)32-18-22-10-7-9-21-8-3-4-11-23(21)22/h3-13,16,19-20H,14-15,17-18H2,1-2H3/t19-,20-/m0/s1. The molecular weight excluding hydrogens is 416 g/mol. The van der Waals surface area contributed by atoms with Crippen LogP contribution in [0.5, 0.6) is 0 Å². The van der Waals surface area contributed by atoms with Crippen LogP contribution in [0.25, 0.3) is 21.7 Å². The Morgan fingerprint density at radius 3 is 2.44 bits per heavy atom. The summed E-state index contributed by atoms with van der Waals surface area (Å²) in [6, 6.07) is 23.4. The van der Waals surface area contributed by atoms with Gasteiger partial charge in [0.05, 0.1) is 12.2 Å². The summed E-state index contributed by atoms with van der Waals surface area (Å²) in [6.45, 7) is 5.73. The molecule has 2 heterocycles. The van der Waals surface area contributed by atoms with Crippen molar-refractivity contribution in [1.82, 2.24) is 9.47 Å². The molecule has 3 aromatic carbocycles. The molecule has 32 heavy (non-hydrogen) atoms. The highest BCUT2D eigenvalue weighted by atomic mass is 32.2. The van der Waals surface area contributed by atoms with Crippen molar-refractivity contribution in [2.75, 3.05) is 13.1 Å². The van der Waals surface area contributed by atoms with Crippen molar-refractivity contribution in [1.29, 1.82) is 0 Å². The highest BCUT2D eigenvalue weighted by Gasteiger charge is 2.26. The van der Waals surface area contributed by atoms with E-state index in [0.717, 1.165) is 11.3 Å². The highest BCUT2D eigenvalue weighted by Crippen LogP contribution is 2.34. The predicted molar refractivity (Wildman–Crippen MR) is 132 cm³/mol. The summed E-state index contributed by atoms with van der Waals surface area (Å²) in [5.41, 5.74) is 2.44. The Labute approximate surface area is 193 Å². The molecule has 0 N–H and O–H groups in total. The van der Waals surface area contributed by atoms with Gasteiger partial charge in [0.25, 0.3) is 0 Å². The quantitative estimate of drug-likeness (QED) is 0.369. The topological polar surface area (TPSA) is 34.5 Å². The molecule has 0 aliphatic carbocycles. The minimum absolute atomic E-state index is 0.0796. The van der Waals surface area contributed by atoms with Crippen LogP contribution in [-0.2, 0) is 21.8 Å². The molecule has 0 spiro atoms. The lowest BCUT2D eigenvalue weighted by Crippen LogP contribution is -2.49. The lowest BCUT2D eigenvalue weighted by Gasteiger charge is -2.35. The molecule has 1 fully saturated rings. The first kappa shape index (κ1) is 21.1. The molecule has 1 aromatic heterocycles. The van der Waals surface area contributed by atoms with Crippen LogP contribution in [0.3, 0.4) is 0 Å². The molecule has 5 heteroatoms. The average Bonchev–Trinajstić information content (AvgIpc) is 3.14. The van der Waals surface area contributed by atoms with Crippen molar-refractivity contribution in [2.24, 2.45) is 0 Å². The zero-order valence-electron chi connectivity index (χ0n) is 18.5. The molecule has 1 amide bonds. The van der Waals surface area contributed by atoms with Crippen LogP contribution in [0, 0.1) is 0 Å². The zero-order chi connectivity index (χ0) is 22.1. The summed E-state index contributed by atoms with van der Waals surface area (Å²) < 4.78 is 7.90. The van der Waals surface area contributed by atoms with Gasteiger partial charge in [0.15, 0.2) is 0 Å². The van der Waals surface area contributed by atoms with Crippen LogP contribution in [0.2, 0.25) is 0 Å². The molecule has 164 valence electrons. The number of benzene rings is 3. The number of nitrogens with zero attached hydrogens (tertiary/aromatic N) is 2. The van der Waals surface area contributed by atoms with Crippen molar-refractivity contribution in [3.05, 3.63) is 78.5 Å². The number of hydrogen-bond acceptors (Lipinski definition) is 3. The molecule has 0 unspecified atom stereocenters. The Morgan fingerprint density at radius 2 is 1.62 bits per heavy atom. The maximum absolute atomic E-state index is 13.1. The number of hydrogen-bond donors (Lipinski definition) is 0. The SMILES string of the molecule is C[C@H]1CN(C(=O)Cn2cc(SCc3cccc4ccccc34)c3ccccc32)C[C@H](C)O1. The highest BCUT2D eigenvalue weighted by molar-refractivity contribution is 7.98. The fourth-order valence-electron chi connectivity index (χ4n) is 4.66. The van der Waals surface area contributed by atoms with E-state index in [-0.39, 0.29) is 18.1 Å². The monoisotopic (exact) mass is 444 g/mol. The number of morpholine rings is 1. The first-order valence-corrected chi connectivity index (χ1v) is 12.2. The van der Waals surface area contributed by atoms with Gasteiger partial charge >= 0.3 is 0 Å². The van der Waals surface area contributed by atoms with E-state index >= 15 is 0 Å². The molecule has 1 aliphatic rings. The Hall–Kier alpha value is -2.76. The molecule has 4 nitrogen and oxygen atoms in total. The molecular formula is C27H28N2O2S. The Morgan fingerprint density at radius 1 is 0.938 bits per heavy atom. The molecule has 1 saturated heterocycles. The molecule has 5 rings (SSSR count). The predicted octanol–water partition coefficient (Wildman–Crippen LogP) is 5.72. The van der Waals surface area contributed by atoms with Gasteiger partial charge in [-0.05, 0) is 36.2 Å². The number of aromatic nitrogens is 1. The Balaban J connectivity index is 1.38. The summed E-state index contributed by atoms with van der Waals surface area (Å²) >= 11 is 1.84. The third-order valence-electron chi connectivity index (χ3n) is 6.09. The molecule has 4 aromatic rings. The maximum Gasteiger partial charge on any atom is 0.242 e. The second-order valence-electron chi connectivity index (χ2n) is 8.62. The van der Waals surface area contributed by atoms with E-state index in [1.54, 1.807) is 0 Å². The number of ether oxygens (including phenoxy) is 1. The van der Waals surface area contributed by atoms with Gasteiger partial charge in [-0.25, -0.2) is 0 Å². The van der Waals surface area contributed by atoms with Crippen molar-refractivity contribution in [3.63, 3.8) is 0 Å². The number of carbonyl (C=O) groups is 1. The van der Waals surface area contributed by atoms with Crippen LogP contribution in [0.1, 0.15) is 19.4 Å². The number of para-hydroxylation sites is 1. The maximum atomic E-state index is 13.1. The summed E-state index contributed by atoms with van der Waals surface area (Å²) in [5.74, 6) is 1.04. The number of fused-ring (bicyclic) bond motifs is 2. The molecule has 0 saturated carbocycles. The summed E-state index contributed by atoms with van der Waals surface area (Å²) in [7, 11) is 0. The molecule has 0 radical (unpaired) electrons. The van der Waals surface area contributed by atoms with Crippen LogP contribution in [-0.4, -0.2) is 40.7 Å². The lowest BCUT2D eigenvalue weighted by atomic mass is 10.1. The lowest BCUT2D eigenvalue weighted by molar-refractivity contribution is -0.143. The number of carbonyl (C=O) groups excluding carboxylic acids is 1. The summed E-state index contributed by atoms with van der Waals surface area (Å²) in [4.78, 5) is 16.2. The van der Waals surface area contributed by atoms with Crippen molar-refractivity contribution in [2.45, 2.75) is 43.2 Å². The van der Waals surface area contributed by atoms with Gasteiger partial charge < -0.3 is 14.2 Å². The van der Waals surface area contributed by atoms with Gasteiger partial charge in [0, 0.05) is 40.8 Å². The fourth-order valence-corrected chi connectivity index (χ4v) is 5.75. The largest absolute Gasteiger partial charge is 0.372 e. The molecule has 1 aliphatic heterocycles. The average molecular weight is 445 g/mol. The van der Waals surface area contributed by atoms with Crippen molar-refractivity contribution >= 4 is 39.3 Å². The fraction of sp³-hybridized carbons (Fsp3) is 0.296. The first-order valence-electron chi connectivity index (χ1n) is 11.2. The van der Waals surface area contributed by atoms with E-state index in [1.807, 2.05) is 36.6 Å². The van der Waals surface area contributed by atoms with E-state index in [1.165, 1.54) is 26.6 Å². The van der Waals surface area contributed by atoms with Gasteiger partial charge in [-0.3, -0.25) is 4.79 Å². The van der Waals surface area contributed by atoms with E-state index < -0.39 is 0 Å². The van der Waals surface area contributed by atoms with Crippen molar-refractivity contribution < 1.29 is 9.53 Å². The number of amides is 1. The van der Waals surface area contributed by atoms with Crippen LogP contribution in [0.15, 0.2) is 77.8 Å². The number of thioether (sulfide) groups is 1. The van der Waals surface area contributed by atoms with Crippen LogP contribution in [0.4, 0.5) is 0 Å². The van der Waals surface area contributed by atoms with Crippen molar-refractivity contribution in [3.8, 4) is 0 Å². The number of rotatable bonds is 5. The van der Waals surface area contributed by atoms with Gasteiger partial charge in [0.2, 0.25) is 5.91 Å². The summed E-state index contributed by atoms with van der Waals surface area (Å²) in [6.07, 6.45) is 2.30. The Bertz CT molecular complexity index is 1250. The molecule has 2 atom stereocenters. The summed E-state index contributed by atoms with van der Waals surface area (Å²) in [5, 5.41) is 3.78.